The van der Waals surface area contributed by atoms with Crippen LogP contribution in [0.2, 0.25) is 0 Å². The molecule has 1 aromatic heterocycles. The number of imide groups is 1. The third-order valence-corrected chi connectivity index (χ3v) is 3.70. The molecule has 2 aromatic rings. The van der Waals surface area contributed by atoms with Gasteiger partial charge in [-0.05, 0) is 31.2 Å². The largest absolute Gasteiger partial charge is 0.492 e. The van der Waals surface area contributed by atoms with Crippen molar-refractivity contribution in [2.75, 3.05) is 25.1 Å². The SMILES string of the molecule is Cc1c(N2C(=O)CN(C)C2=O)nnn1CCOc1ccc(F)cc1. The lowest BCUT2D eigenvalue weighted by Crippen LogP contribution is -2.32. The lowest BCUT2D eigenvalue weighted by Gasteiger charge is -2.12. The first-order valence-corrected chi connectivity index (χ1v) is 7.34. The van der Waals surface area contributed by atoms with Gasteiger partial charge < -0.3 is 9.64 Å². The molecule has 0 N–H and O–H groups in total. The second-order valence-corrected chi connectivity index (χ2v) is 5.39. The number of urea groups is 1. The topological polar surface area (TPSA) is 80.6 Å². The lowest BCUT2D eigenvalue weighted by atomic mass is 10.3. The minimum atomic E-state index is -0.419. The van der Waals surface area contributed by atoms with E-state index in [1.54, 1.807) is 18.7 Å². The van der Waals surface area contributed by atoms with Crippen LogP contribution in [0, 0.1) is 12.7 Å². The number of nitrogens with zero attached hydrogens (tertiary/aromatic N) is 5. The molecule has 126 valence electrons. The predicted octanol–water partition coefficient (Wildman–Crippen LogP) is 1.20. The number of anilines is 1. The first kappa shape index (κ1) is 15.9. The standard InChI is InChI=1S/C15H16FN5O3/c1-10-14(21-13(22)9-19(2)15(21)23)17-18-20(10)7-8-24-12-5-3-11(16)4-6-12/h3-6H,7-9H2,1-2H3. The first-order chi connectivity index (χ1) is 11.5. The summed E-state index contributed by atoms with van der Waals surface area (Å²) >= 11 is 0. The molecular formula is C15H16FN5O3. The van der Waals surface area contributed by atoms with Crippen LogP contribution in [0.1, 0.15) is 5.69 Å². The third kappa shape index (κ3) is 2.92. The van der Waals surface area contributed by atoms with Crippen molar-refractivity contribution in [3.05, 3.63) is 35.8 Å². The molecule has 1 aliphatic rings. The van der Waals surface area contributed by atoms with Gasteiger partial charge in [-0.2, -0.15) is 0 Å². The average Bonchev–Trinajstić information content (AvgIpc) is 3.02. The van der Waals surface area contributed by atoms with E-state index >= 15 is 0 Å². The number of aromatic nitrogens is 3. The van der Waals surface area contributed by atoms with Crippen LogP contribution in [0.15, 0.2) is 24.3 Å². The Labute approximate surface area is 137 Å². The van der Waals surface area contributed by atoms with Crippen LogP contribution in [-0.4, -0.2) is 52.0 Å². The minimum Gasteiger partial charge on any atom is -0.492 e. The summed E-state index contributed by atoms with van der Waals surface area (Å²) in [6, 6.07) is 5.28. The molecule has 0 saturated carbocycles. The number of carbonyl (C=O) groups is 2. The molecule has 3 amide bonds. The highest BCUT2D eigenvalue weighted by Crippen LogP contribution is 2.21. The van der Waals surface area contributed by atoms with Gasteiger partial charge in [0.25, 0.3) is 5.91 Å². The van der Waals surface area contributed by atoms with E-state index in [-0.39, 0.29) is 30.7 Å². The molecule has 1 aromatic carbocycles. The summed E-state index contributed by atoms with van der Waals surface area (Å²) < 4.78 is 19.9. The number of hydrogen-bond acceptors (Lipinski definition) is 5. The Morgan fingerprint density at radius 3 is 2.58 bits per heavy atom. The molecular weight excluding hydrogens is 317 g/mol. The van der Waals surface area contributed by atoms with Crippen LogP contribution in [0.25, 0.3) is 0 Å². The maximum absolute atomic E-state index is 12.8. The maximum Gasteiger partial charge on any atom is 0.332 e. The summed E-state index contributed by atoms with van der Waals surface area (Å²) in [5.74, 6) is 0.112. The quantitative estimate of drug-likeness (QED) is 0.768. The predicted molar refractivity (Wildman–Crippen MR) is 82.2 cm³/mol. The Hall–Kier alpha value is -2.97. The van der Waals surface area contributed by atoms with Gasteiger partial charge in [-0.15, -0.1) is 5.10 Å². The third-order valence-electron chi connectivity index (χ3n) is 3.70. The van der Waals surface area contributed by atoms with Crippen molar-refractivity contribution in [2.24, 2.45) is 0 Å². The smallest absolute Gasteiger partial charge is 0.332 e. The number of halogens is 1. The van der Waals surface area contributed by atoms with E-state index in [0.29, 0.717) is 18.0 Å². The summed E-state index contributed by atoms with van der Waals surface area (Å²) in [5, 5.41) is 7.90. The summed E-state index contributed by atoms with van der Waals surface area (Å²) in [7, 11) is 1.55. The zero-order valence-electron chi connectivity index (χ0n) is 13.3. The number of amides is 3. The Morgan fingerprint density at radius 2 is 1.96 bits per heavy atom. The fraction of sp³-hybridized carbons (Fsp3) is 0.333. The van der Waals surface area contributed by atoms with Crippen molar-refractivity contribution < 1.29 is 18.7 Å². The van der Waals surface area contributed by atoms with Crippen LogP contribution in [0.3, 0.4) is 0 Å². The molecule has 9 heteroatoms. The molecule has 0 aliphatic carbocycles. The van der Waals surface area contributed by atoms with E-state index in [4.69, 9.17) is 4.74 Å². The van der Waals surface area contributed by atoms with E-state index in [1.807, 2.05) is 0 Å². The van der Waals surface area contributed by atoms with Crippen LogP contribution in [-0.2, 0) is 11.3 Å². The number of benzene rings is 1. The van der Waals surface area contributed by atoms with E-state index in [2.05, 4.69) is 10.3 Å². The zero-order chi connectivity index (χ0) is 17.3. The Morgan fingerprint density at radius 1 is 1.25 bits per heavy atom. The van der Waals surface area contributed by atoms with Crippen molar-refractivity contribution in [3.8, 4) is 5.75 Å². The highest BCUT2D eigenvalue weighted by molar-refractivity contribution is 6.19. The van der Waals surface area contributed by atoms with Crippen molar-refractivity contribution in [2.45, 2.75) is 13.5 Å². The van der Waals surface area contributed by atoms with Crippen LogP contribution >= 0.6 is 0 Å². The van der Waals surface area contributed by atoms with Crippen molar-refractivity contribution in [1.29, 1.82) is 0 Å². The van der Waals surface area contributed by atoms with Crippen LogP contribution in [0.5, 0.6) is 5.75 Å². The fourth-order valence-electron chi connectivity index (χ4n) is 2.38. The van der Waals surface area contributed by atoms with Gasteiger partial charge in [0, 0.05) is 7.05 Å². The summed E-state index contributed by atoms with van der Waals surface area (Å²) in [4.78, 5) is 26.3. The number of carbonyl (C=O) groups excluding carboxylic acids is 2. The normalized spacial score (nSPS) is 14.6. The monoisotopic (exact) mass is 333 g/mol. The first-order valence-electron chi connectivity index (χ1n) is 7.34. The maximum atomic E-state index is 12.8. The Balaban J connectivity index is 1.66. The van der Waals surface area contributed by atoms with Gasteiger partial charge in [-0.3, -0.25) is 4.79 Å². The van der Waals surface area contributed by atoms with E-state index in [9.17, 15) is 14.0 Å². The number of hydrogen-bond donors (Lipinski definition) is 0. The summed E-state index contributed by atoms with van der Waals surface area (Å²) in [5.41, 5.74) is 0.592. The molecule has 0 radical (unpaired) electrons. The molecule has 2 heterocycles. The summed E-state index contributed by atoms with van der Waals surface area (Å²) in [6.07, 6.45) is 0. The average molecular weight is 333 g/mol. The Bertz CT molecular complexity index is 774. The molecule has 1 fully saturated rings. The summed E-state index contributed by atoms with van der Waals surface area (Å²) in [6.45, 7) is 2.42. The van der Waals surface area contributed by atoms with E-state index in [0.717, 1.165) is 4.90 Å². The van der Waals surface area contributed by atoms with Crippen molar-refractivity contribution in [1.82, 2.24) is 19.9 Å². The molecule has 0 bridgehead atoms. The van der Waals surface area contributed by atoms with Crippen molar-refractivity contribution in [3.63, 3.8) is 0 Å². The van der Waals surface area contributed by atoms with Gasteiger partial charge in [-0.1, -0.05) is 5.21 Å². The van der Waals surface area contributed by atoms with Gasteiger partial charge in [0.05, 0.1) is 12.2 Å². The molecule has 24 heavy (non-hydrogen) atoms. The molecule has 1 saturated heterocycles. The number of rotatable bonds is 5. The zero-order valence-corrected chi connectivity index (χ0v) is 13.3. The minimum absolute atomic E-state index is 0.0266. The highest BCUT2D eigenvalue weighted by Gasteiger charge is 2.37. The lowest BCUT2D eigenvalue weighted by molar-refractivity contribution is -0.116. The van der Waals surface area contributed by atoms with Gasteiger partial charge in [-0.25, -0.2) is 18.8 Å². The molecule has 0 atom stereocenters. The molecule has 3 rings (SSSR count). The van der Waals surface area contributed by atoms with Gasteiger partial charge in [0.1, 0.15) is 24.7 Å². The van der Waals surface area contributed by atoms with Gasteiger partial charge in [0.2, 0.25) is 0 Å². The molecule has 1 aliphatic heterocycles. The molecule has 0 unspecified atom stereocenters. The fourth-order valence-corrected chi connectivity index (χ4v) is 2.38. The van der Waals surface area contributed by atoms with Crippen molar-refractivity contribution >= 4 is 17.8 Å². The number of ether oxygens (including phenoxy) is 1. The number of likely N-dealkylation sites (N-methyl/N-ethyl adjacent to an activating group) is 1. The molecule has 8 nitrogen and oxygen atoms in total. The Kier molecular flexibility index (Phi) is 4.15. The molecule has 0 spiro atoms. The second kappa shape index (κ2) is 6.26. The highest BCUT2D eigenvalue weighted by atomic mass is 19.1. The van der Waals surface area contributed by atoms with Gasteiger partial charge in [0.15, 0.2) is 5.82 Å². The van der Waals surface area contributed by atoms with Crippen LogP contribution < -0.4 is 9.64 Å². The van der Waals surface area contributed by atoms with E-state index in [1.165, 1.54) is 29.2 Å². The van der Waals surface area contributed by atoms with Crippen LogP contribution in [0.4, 0.5) is 15.0 Å². The van der Waals surface area contributed by atoms with E-state index < -0.39 is 6.03 Å². The van der Waals surface area contributed by atoms with Gasteiger partial charge >= 0.3 is 6.03 Å². The second-order valence-electron chi connectivity index (χ2n) is 5.39.